The lowest BCUT2D eigenvalue weighted by atomic mass is 9.95. The van der Waals surface area contributed by atoms with E-state index in [1.165, 1.54) is 46.3 Å². The number of aromatic amines is 1. The number of fused-ring (bicyclic) bond motifs is 3. The van der Waals surface area contributed by atoms with Gasteiger partial charge < -0.3 is 14.8 Å². The van der Waals surface area contributed by atoms with Gasteiger partial charge in [0.15, 0.2) is 0 Å². The van der Waals surface area contributed by atoms with E-state index in [0.717, 1.165) is 44.6 Å². The number of carbonyl (C=O) groups is 1. The number of benzene rings is 2. The molecule has 144 valence electrons. The van der Waals surface area contributed by atoms with Gasteiger partial charge in [0.2, 0.25) is 0 Å². The molecule has 3 aromatic rings. The normalized spacial score (nSPS) is 17.0. The minimum Gasteiger partial charge on any atom is -0.368 e. The van der Waals surface area contributed by atoms with Crippen molar-refractivity contribution in [3.8, 4) is 0 Å². The highest BCUT2D eigenvalue weighted by molar-refractivity contribution is 5.99. The van der Waals surface area contributed by atoms with Gasteiger partial charge in [0.1, 0.15) is 0 Å². The van der Waals surface area contributed by atoms with Crippen molar-refractivity contribution in [1.29, 1.82) is 0 Å². The highest BCUT2D eigenvalue weighted by Crippen LogP contribution is 2.30. The van der Waals surface area contributed by atoms with E-state index in [2.05, 4.69) is 53.2 Å². The van der Waals surface area contributed by atoms with Crippen LogP contribution in [-0.2, 0) is 12.8 Å². The Balaban J connectivity index is 1.33. The van der Waals surface area contributed by atoms with Crippen molar-refractivity contribution in [3.05, 3.63) is 64.8 Å². The molecule has 0 bridgehead atoms. The predicted molar refractivity (Wildman–Crippen MR) is 114 cm³/mol. The summed E-state index contributed by atoms with van der Waals surface area (Å²) in [5.74, 6) is 0.163. The SMILES string of the molecule is Cc1cccc(N2CCN(C(=O)c3ccc4[nH]c5c(c4c3)CCCC5)CC2)c1. The number of rotatable bonds is 2. The van der Waals surface area contributed by atoms with Crippen molar-refractivity contribution < 1.29 is 4.79 Å². The standard InChI is InChI=1S/C24H27N3O/c1-17-5-4-6-19(15-17)26-11-13-27(14-12-26)24(28)18-9-10-23-21(16-18)20-7-2-3-8-22(20)25-23/h4-6,9-10,15-16,25H,2-3,7-8,11-14H2,1H3. The van der Waals surface area contributed by atoms with E-state index in [-0.39, 0.29) is 5.91 Å². The fourth-order valence-electron chi connectivity index (χ4n) is 4.71. The second-order valence-electron chi connectivity index (χ2n) is 8.17. The minimum atomic E-state index is 0.163. The molecule has 5 rings (SSSR count). The molecule has 1 aromatic heterocycles. The van der Waals surface area contributed by atoms with Crippen LogP contribution in [0.3, 0.4) is 0 Å². The first-order valence-electron chi connectivity index (χ1n) is 10.4. The first-order valence-corrected chi connectivity index (χ1v) is 10.4. The van der Waals surface area contributed by atoms with E-state index in [1.807, 2.05) is 11.0 Å². The second kappa shape index (κ2) is 7.01. The lowest BCUT2D eigenvalue weighted by molar-refractivity contribution is 0.0747. The molecular weight excluding hydrogens is 346 g/mol. The van der Waals surface area contributed by atoms with Crippen LogP contribution in [0.1, 0.15) is 40.0 Å². The molecule has 1 aliphatic heterocycles. The van der Waals surface area contributed by atoms with Crippen LogP contribution in [0.15, 0.2) is 42.5 Å². The number of nitrogens with zero attached hydrogens (tertiary/aromatic N) is 2. The summed E-state index contributed by atoms with van der Waals surface area (Å²) in [5, 5.41) is 1.25. The summed E-state index contributed by atoms with van der Waals surface area (Å²) in [7, 11) is 0. The number of hydrogen-bond acceptors (Lipinski definition) is 2. The predicted octanol–water partition coefficient (Wildman–Crippen LogP) is 4.32. The Labute approximate surface area is 166 Å². The van der Waals surface area contributed by atoms with Crippen LogP contribution in [0, 0.1) is 6.92 Å². The number of amides is 1. The van der Waals surface area contributed by atoms with Crippen LogP contribution in [0.25, 0.3) is 10.9 Å². The number of nitrogens with one attached hydrogen (secondary N) is 1. The van der Waals surface area contributed by atoms with Gasteiger partial charge in [0, 0.05) is 54.0 Å². The van der Waals surface area contributed by atoms with E-state index in [0.29, 0.717) is 0 Å². The van der Waals surface area contributed by atoms with Gasteiger partial charge in [-0.25, -0.2) is 0 Å². The Morgan fingerprint density at radius 2 is 1.79 bits per heavy atom. The van der Waals surface area contributed by atoms with E-state index in [9.17, 15) is 4.79 Å². The Bertz CT molecular complexity index is 1030. The average molecular weight is 374 g/mol. The molecule has 0 atom stereocenters. The number of carbonyl (C=O) groups excluding carboxylic acids is 1. The summed E-state index contributed by atoms with van der Waals surface area (Å²) in [5.41, 5.74) is 7.33. The summed E-state index contributed by atoms with van der Waals surface area (Å²) in [4.78, 5) is 21.1. The van der Waals surface area contributed by atoms with Crippen LogP contribution < -0.4 is 4.90 Å². The van der Waals surface area contributed by atoms with Gasteiger partial charge in [-0.15, -0.1) is 0 Å². The molecule has 1 amide bonds. The smallest absolute Gasteiger partial charge is 0.253 e. The van der Waals surface area contributed by atoms with Gasteiger partial charge in [0.25, 0.3) is 5.91 Å². The van der Waals surface area contributed by atoms with Crippen molar-refractivity contribution in [2.24, 2.45) is 0 Å². The maximum absolute atomic E-state index is 13.1. The fraction of sp³-hybridized carbons (Fsp3) is 0.375. The third-order valence-electron chi connectivity index (χ3n) is 6.28. The molecule has 4 nitrogen and oxygen atoms in total. The van der Waals surface area contributed by atoms with E-state index >= 15 is 0 Å². The molecule has 1 aliphatic carbocycles. The van der Waals surface area contributed by atoms with Gasteiger partial charge >= 0.3 is 0 Å². The van der Waals surface area contributed by atoms with Crippen LogP contribution in [-0.4, -0.2) is 42.0 Å². The molecule has 0 spiro atoms. The van der Waals surface area contributed by atoms with Crippen molar-refractivity contribution >= 4 is 22.5 Å². The number of hydrogen-bond donors (Lipinski definition) is 1. The minimum absolute atomic E-state index is 0.163. The van der Waals surface area contributed by atoms with Crippen LogP contribution in [0.5, 0.6) is 0 Å². The molecule has 1 saturated heterocycles. The maximum Gasteiger partial charge on any atom is 0.253 e. The third kappa shape index (κ3) is 3.07. The molecule has 2 aliphatic rings. The average Bonchev–Trinajstić information content (AvgIpc) is 3.11. The molecular formula is C24H27N3O. The number of aryl methyl sites for hydroxylation is 3. The van der Waals surface area contributed by atoms with Gasteiger partial charge in [-0.05, 0) is 74.1 Å². The van der Waals surface area contributed by atoms with E-state index in [4.69, 9.17) is 0 Å². The zero-order valence-electron chi connectivity index (χ0n) is 16.5. The van der Waals surface area contributed by atoms with Gasteiger partial charge in [-0.3, -0.25) is 4.79 Å². The van der Waals surface area contributed by atoms with Crippen molar-refractivity contribution in [2.75, 3.05) is 31.1 Å². The number of aromatic nitrogens is 1. The summed E-state index contributed by atoms with van der Waals surface area (Å²) in [6, 6.07) is 14.8. The Hall–Kier alpha value is -2.75. The zero-order chi connectivity index (χ0) is 19.1. The lowest BCUT2D eigenvalue weighted by Crippen LogP contribution is -2.48. The molecule has 0 unspecified atom stereocenters. The first kappa shape index (κ1) is 17.4. The molecule has 0 radical (unpaired) electrons. The van der Waals surface area contributed by atoms with Crippen molar-refractivity contribution in [3.63, 3.8) is 0 Å². The highest BCUT2D eigenvalue weighted by atomic mass is 16.2. The van der Waals surface area contributed by atoms with E-state index in [1.54, 1.807) is 0 Å². The molecule has 4 heteroatoms. The summed E-state index contributed by atoms with van der Waals surface area (Å²) >= 11 is 0. The van der Waals surface area contributed by atoms with Crippen molar-refractivity contribution in [2.45, 2.75) is 32.6 Å². The monoisotopic (exact) mass is 373 g/mol. The third-order valence-corrected chi connectivity index (χ3v) is 6.28. The van der Waals surface area contributed by atoms with E-state index < -0.39 is 0 Å². The van der Waals surface area contributed by atoms with Gasteiger partial charge in [-0.2, -0.15) is 0 Å². The topological polar surface area (TPSA) is 39.3 Å². The summed E-state index contributed by atoms with van der Waals surface area (Å²) < 4.78 is 0. The molecule has 2 aromatic carbocycles. The second-order valence-corrected chi connectivity index (χ2v) is 8.17. The first-order chi connectivity index (χ1) is 13.7. The largest absolute Gasteiger partial charge is 0.368 e. The van der Waals surface area contributed by atoms with Gasteiger partial charge in [0.05, 0.1) is 0 Å². The lowest BCUT2D eigenvalue weighted by Gasteiger charge is -2.36. The van der Waals surface area contributed by atoms with Crippen LogP contribution >= 0.6 is 0 Å². The molecule has 2 heterocycles. The Morgan fingerprint density at radius 3 is 2.61 bits per heavy atom. The van der Waals surface area contributed by atoms with Crippen molar-refractivity contribution in [1.82, 2.24) is 9.88 Å². The maximum atomic E-state index is 13.1. The van der Waals surface area contributed by atoms with Crippen LogP contribution in [0.2, 0.25) is 0 Å². The Kier molecular flexibility index (Phi) is 4.34. The number of anilines is 1. The molecule has 1 N–H and O–H groups in total. The quantitative estimate of drug-likeness (QED) is 0.727. The van der Waals surface area contributed by atoms with Crippen LogP contribution in [0.4, 0.5) is 5.69 Å². The number of piperazine rings is 1. The zero-order valence-corrected chi connectivity index (χ0v) is 16.5. The summed E-state index contributed by atoms with van der Waals surface area (Å²) in [6.45, 7) is 5.44. The summed E-state index contributed by atoms with van der Waals surface area (Å²) in [6.07, 6.45) is 4.77. The fourth-order valence-corrected chi connectivity index (χ4v) is 4.71. The Morgan fingerprint density at radius 1 is 0.964 bits per heavy atom. The highest BCUT2D eigenvalue weighted by Gasteiger charge is 2.23. The number of H-pyrrole nitrogens is 1. The molecule has 1 fully saturated rings. The van der Waals surface area contributed by atoms with Gasteiger partial charge in [-0.1, -0.05) is 12.1 Å². The molecule has 28 heavy (non-hydrogen) atoms. The molecule has 0 saturated carbocycles.